The van der Waals surface area contributed by atoms with Crippen LogP contribution in [-0.4, -0.2) is 60.2 Å². The van der Waals surface area contributed by atoms with Gasteiger partial charge >= 0.3 is 0 Å². The number of benzene rings is 1. The van der Waals surface area contributed by atoms with Crippen LogP contribution in [0.4, 0.5) is 0 Å². The van der Waals surface area contributed by atoms with Gasteiger partial charge in [-0.05, 0) is 44.2 Å². The van der Waals surface area contributed by atoms with Gasteiger partial charge in [0.2, 0.25) is 11.8 Å². The first-order chi connectivity index (χ1) is 12.6. The van der Waals surface area contributed by atoms with Gasteiger partial charge < -0.3 is 15.1 Å². The lowest BCUT2D eigenvalue weighted by Crippen LogP contribution is -2.47. The molecule has 2 aliphatic rings. The monoisotopic (exact) mass is 357 g/mol. The molecule has 26 heavy (non-hydrogen) atoms. The number of rotatable bonds is 4. The van der Waals surface area contributed by atoms with E-state index in [9.17, 15) is 14.4 Å². The lowest BCUT2D eigenvalue weighted by Gasteiger charge is -2.35. The minimum atomic E-state index is -0.242. The van der Waals surface area contributed by atoms with Gasteiger partial charge in [-0.25, -0.2) is 0 Å². The number of likely N-dealkylation sites (tertiary alicyclic amines) is 2. The maximum absolute atomic E-state index is 12.6. The summed E-state index contributed by atoms with van der Waals surface area (Å²) in [6.07, 6.45) is 4.85. The quantitative estimate of drug-likeness (QED) is 0.891. The number of hydrogen-bond donors (Lipinski definition) is 1. The van der Waals surface area contributed by atoms with Gasteiger partial charge in [-0.2, -0.15) is 0 Å². The summed E-state index contributed by atoms with van der Waals surface area (Å²) in [7, 11) is 0. The largest absolute Gasteiger partial charge is 0.343 e. The van der Waals surface area contributed by atoms with Gasteiger partial charge in [0.15, 0.2) is 0 Å². The average Bonchev–Trinajstić information content (AvgIpc) is 2.72. The highest BCUT2D eigenvalue weighted by Crippen LogP contribution is 2.21. The first-order valence-corrected chi connectivity index (χ1v) is 9.55. The van der Waals surface area contributed by atoms with Gasteiger partial charge in [-0.15, -0.1) is 0 Å². The van der Waals surface area contributed by atoms with Crippen molar-refractivity contribution in [3.8, 4) is 0 Å². The molecule has 0 spiro atoms. The zero-order valence-electron chi connectivity index (χ0n) is 15.2. The van der Waals surface area contributed by atoms with Crippen molar-refractivity contribution < 1.29 is 14.4 Å². The number of nitrogens with one attached hydrogen (secondary N) is 1. The first-order valence-electron chi connectivity index (χ1n) is 9.55. The van der Waals surface area contributed by atoms with Gasteiger partial charge in [0.05, 0.1) is 6.54 Å². The van der Waals surface area contributed by atoms with E-state index in [0.29, 0.717) is 31.5 Å². The van der Waals surface area contributed by atoms with Crippen LogP contribution in [-0.2, 0) is 9.59 Å². The van der Waals surface area contributed by atoms with Crippen molar-refractivity contribution in [3.05, 3.63) is 35.9 Å². The highest BCUT2D eigenvalue weighted by Gasteiger charge is 2.30. The second kappa shape index (κ2) is 8.83. The summed E-state index contributed by atoms with van der Waals surface area (Å²) in [5.74, 6) is -0.0301. The smallest absolute Gasteiger partial charge is 0.251 e. The molecule has 1 aromatic carbocycles. The molecular formula is C20H27N3O3. The first kappa shape index (κ1) is 18.4. The maximum Gasteiger partial charge on any atom is 0.251 e. The maximum atomic E-state index is 12.6. The van der Waals surface area contributed by atoms with Crippen molar-refractivity contribution >= 4 is 17.7 Å². The minimum Gasteiger partial charge on any atom is -0.343 e. The SMILES string of the molecule is O=C(NCC(=O)N1CCC(C(=O)N2CCCCC2)CC1)c1ccccc1. The Labute approximate surface area is 154 Å². The molecular weight excluding hydrogens is 330 g/mol. The van der Waals surface area contributed by atoms with Crippen LogP contribution in [0.3, 0.4) is 0 Å². The standard InChI is InChI=1S/C20H27N3O3/c24-18(15-21-19(25)16-7-3-1-4-8-16)22-13-9-17(10-14-22)20(26)23-11-5-2-6-12-23/h1,3-4,7-8,17H,2,5-6,9-15H2,(H,21,25). The Hall–Kier alpha value is -2.37. The highest BCUT2D eigenvalue weighted by atomic mass is 16.2. The Morgan fingerprint density at radius 1 is 0.885 bits per heavy atom. The molecule has 2 fully saturated rings. The summed E-state index contributed by atoms with van der Waals surface area (Å²) < 4.78 is 0. The normalized spacial score (nSPS) is 18.5. The van der Waals surface area contributed by atoms with Crippen LogP contribution in [0.15, 0.2) is 30.3 Å². The predicted molar refractivity (Wildman–Crippen MR) is 98.5 cm³/mol. The van der Waals surface area contributed by atoms with Crippen LogP contribution in [0.25, 0.3) is 0 Å². The van der Waals surface area contributed by atoms with Crippen molar-refractivity contribution in [3.63, 3.8) is 0 Å². The van der Waals surface area contributed by atoms with E-state index in [1.807, 2.05) is 11.0 Å². The molecule has 6 heteroatoms. The Kier molecular flexibility index (Phi) is 6.26. The Morgan fingerprint density at radius 3 is 2.19 bits per heavy atom. The van der Waals surface area contributed by atoms with Gasteiger partial charge in [-0.1, -0.05) is 18.2 Å². The molecule has 0 unspecified atom stereocenters. The summed E-state index contributed by atoms with van der Waals surface area (Å²) in [6, 6.07) is 8.87. The third kappa shape index (κ3) is 4.62. The molecule has 0 saturated carbocycles. The molecule has 0 aromatic heterocycles. The second-order valence-corrected chi connectivity index (χ2v) is 7.09. The van der Waals surface area contributed by atoms with Gasteiger partial charge in [0.25, 0.3) is 5.91 Å². The van der Waals surface area contributed by atoms with Crippen molar-refractivity contribution in [1.29, 1.82) is 0 Å². The molecule has 0 aliphatic carbocycles. The molecule has 140 valence electrons. The summed E-state index contributed by atoms with van der Waals surface area (Å²) in [5, 5.41) is 2.68. The van der Waals surface area contributed by atoms with E-state index in [-0.39, 0.29) is 30.2 Å². The fourth-order valence-electron chi connectivity index (χ4n) is 3.71. The fraction of sp³-hybridized carbons (Fsp3) is 0.550. The van der Waals surface area contributed by atoms with Crippen molar-refractivity contribution in [2.45, 2.75) is 32.1 Å². The molecule has 0 atom stereocenters. The Bertz CT molecular complexity index is 633. The lowest BCUT2D eigenvalue weighted by atomic mass is 9.94. The van der Waals surface area contributed by atoms with E-state index in [1.165, 1.54) is 6.42 Å². The molecule has 6 nitrogen and oxygen atoms in total. The molecule has 2 aliphatic heterocycles. The van der Waals surface area contributed by atoms with Crippen LogP contribution >= 0.6 is 0 Å². The summed E-state index contributed by atoms with van der Waals surface area (Å²) in [4.78, 5) is 40.7. The van der Waals surface area contributed by atoms with E-state index < -0.39 is 0 Å². The molecule has 3 amide bonds. The minimum absolute atomic E-state index is 0.00152. The van der Waals surface area contributed by atoms with Crippen LogP contribution in [0.1, 0.15) is 42.5 Å². The zero-order chi connectivity index (χ0) is 18.4. The molecule has 0 radical (unpaired) electrons. The Balaban J connectivity index is 1.42. The average molecular weight is 357 g/mol. The number of carbonyl (C=O) groups excluding carboxylic acids is 3. The summed E-state index contributed by atoms with van der Waals surface area (Å²) in [6.45, 7) is 2.93. The molecule has 2 heterocycles. The van der Waals surface area contributed by atoms with Crippen molar-refractivity contribution in [2.24, 2.45) is 5.92 Å². The summed E-state index contributed by atoms with van der Waals surface area (Å²) in [5.41, 5.74) is 0.547. The molecule has 1 N–H and O–H groups in total. The van der Waals surface area contributed by atoms with E-state index >= 15 is 0 Å². The number of amides is 3. The van der Waals surface area contributed by atoms with Crippen LogP contribution in [0.5, 0.6) is 0 Å². The van der Waals surface area contributed by atoms with Gasteiger partial charge in [0, 0.05) is 37.7 Å². The van der Waals surface area contributed by atoms with Crippen molar-refractivity contribution in [2.75, 3.05) is 32.7 Å². The topological polar surface area (TPSA) is 69.7 Å². The number of hydrogen-bond acceptors (Lipinski definition) is 3. The third-order valence-corrected chi connectivity index (χ3v) is 5.30. The third-order valence-electron chi connectivity index (χ3n) is 5.30. The molecule has 1 aromatic rings. The van der Waals surface area contributed by atoms with E-state index in [1.54, 1.807) is 29.2 Å². The van der Waals surface area contributed by atoms with E-state index in [2.05, 4.69) is 5.32 Å². The summed E-state index contributed by atoms with van der Waals surface area (Å²) >= 11 is 0. The zero-order valence-corrected chi connectivity index (χ0v) is 15.2. The van der Waals surface area contributed by atoms with Crippen LogP contribution < -0.4 is 5.32 Å². The molecule has 2 saturated heterocycles. The van der Waals surface area contributed by atoms with E-state index in [0.717, 1.165) is 25.9 Å². The Morgan fingerprint density at radius 2 is 1.54 bits per heavy atom. The van der Waals surface area contributed by atoms with Crippen LogP contribution in [0, 0.1) is 5.92 Å². The fourth-order valence-corrected chi connectivity index (χ4v) is 3.71. The van der Waals surface area contributed by atoms with Gasteiger partial charge in [-0.3, -0.25) is 14.4 Å². The predicted octanol–water partition coefficient (Wildman–Crippen LogP) is 1.67. The van der Waals surface area contributed by atoms with E-state index in [4.69, 9.17) is 0 Å². The second-order valence-electron chi connectivity index (χ2n) is 7.09. The van der Waals surface area contributed by atoms with Crippen molar-refractivity contribution in [1.82, 2.24) is 15.1 Å². The number of piperidine rings is 2. The highest BCUT2D eigenvalue weighted by molar-refractivity contribution is 5.96. The van der Waals surface area contributed by atoms with Gasteiger partial charge in [0.1, 0.15) is 0 Å². The molecule has 3 rings (SSSR count). The lowest BCUT2D eigenvalue weighted by molar-refractivity contribution is -0.141. The molecule has 0 bridgehead atoms. The number of carbonyl (C=O) groups is 3. The number of nitrogens with zero attached hydrogens (tertiary/aromatic N) is 2. The van der Waals surface area contributed by atoms with Crippen LogP contribution in [0.2, 0.25) is 0 Å².